The number of anilines is 1. The van der Waals surface area contributed by atoms with Crippen LogP contribution in [0.4, 0.5) is 5.69 Å². The highest BCUT2D eigenvalue weighted by Crippen LogP contribution is 2.23. The van der Waals surface area contributed by atoms with Crippen molar-refractivity contribution in [1.29, 1.82) is 0 Å². The first-order valence-corrected chi connectivity index (χ1v) is 6.54. The molecular weight excluding hydrogens is 308 g/mol. The van der Waals surface area contributed by atoms with Gasteiger partial charge >= 0.3 is 5.97 Å². The first-order chi connectivity index (χ1) is 9.06. The van der Waals surface area contributed by atoms with Gasteiger partial charge in [-0.15, -0.1) is 0 Å². The highest BCUT2D eigenvalue weighted by atomic mass is 79.9. The highest BCUT2D eigenvalue weighted by Gasteiger charge is 2.04. The van der Waals surface area contributed by atoms with E-state index < -0.39 is 5.97 Å². The van der Waals surface area contributed by atoms with Crippen LogP contribution in [0.1, 0.15) is 21.6 Å². The predicted molar refractivity (Wildman–Crippen MR) is 77.4 cm³/mol. The van der Waals surface area contributed by atoms with Crippen molar-refractivity contribution in [3.8, 4) is 0 Å². The molecule has 1 aromatic carbocycles. The van der Waals surface area contributed by atoms with Gasteiger partial charge in [0.25, 0.3) is 0 Å². The third-order valence-corrected chi connectivity index (χ3v) is 3.31. The van der Waals surface area contributed by atoms with E-state index in [0.29, 0.717) is 6.54 Å². The molecule has 0 saturated carbocycles. The second kappa shape index (κ2) is 5.84. The maximum absolute atomic E-state index is 10.7. The van der Waals surface area contributed by atoms with E-state index in [4.69, 9.17) is 5.11 Å². The number of nitrogens with zero attached hydrogens (tertiary/aromatic N) is 1. The second-order valence-corrected chi connectivity index (χ2v) is 5.03. The Bertz CT molecular complexity index is 597. The Morgan fingerprint density at radius 2 is 2.16 bits per heavy atom. The summed E-state index contributed by atoms with van der Waals surface area (Å²) in [5.74, 6) is -0.965. The van der Waals surface area contributed by atoms with Gasteiger partial charge in [0.1, 0.15) is 0 Å². The average Bonchev–Trinajstić information content (AvgIpc) is 2.38. The topological polar surface area (TPSA) is 62.2 Å². The van der Waals surface area contributed by atoms with E-state index in [1.54, 1.807) is 12.1 Å². The molecular formula is C14H13BrN2O2. The van der Waals surface area contributed by atoms with Crippen LogP contribution in [0.25, 0.3) is 0 Å². The van der Waals surface area contributed by atoms with Crippen LogP contribution >= 0.6 is 15.9 Å². The summed E-state index contributed by atoms with van der Waals surface area (Å²) in [6.07, 6.45) is 1.36. The number of hydrogen-bond acceptors (Lipinski definition) is 3. The normalized spacial score (nSPS) is 10.2. The zero-order valence-corrected chi connectivity index (χ0v) is 11.9. The zero-order valence-electron chi connectivity index (χ0n) is 10.4. The second-order valence-electron chi connectivity index (χ2n) is 4.18. The van der Waals surface area contributed by atoms with Gasteiger partial charge in [0.15, 0.2) is 0 Å². The van der Waals surface area contributed by atoms with Gasteiger partial charge in [-0.1, -0.05) is 6.07 Å². The fourth-order valence-electron chi connectivity index (χ4n) is 1.60. The molecule has 5 heteroatoms. The number of aryl methyl sites for hydroxylation is 1. The largest absolute Gasteiger partial charge is 0.478 e. The number of carboxylic acid groups (broad SMARTS) is 1. The van der Waals surface area contributed by atoms with Gasteiger partial charge in [-0.3, -0.25) is 4.98 Å². The summed E-state index contributed by atoms with van der Waals surface area (Å²) in [5, 5.41) is 12.0. The van der Waals surface area contributed by atoms with Gasteiger partial charge in [-0.05, 0) is 52.7 Å². The van der Waals surface area contributed by atoms with Gasteiger partial charge < -0.3 is 10.4 Å². The molecule has 0 saturated heterocycles. The summed E-state index contributed by atoms with van der Waals surface area (Å²) >= 11 is 3.49. The number of carbonyl (C=O) groups is 1. The molecule has 0 unspecified atom stereocenters. The molecule has 0 aliphatic carbocycles. The van der Waals surface area contributed by atoms with Crippen LogP contribution in [-0.4, -0.2) is 16.1 Å². The van der Waals surface area contributed by atoms with Crippen molar-refractivity contribution >= 4 is 27.6 Å². The molecule has 0 bridgehead atoms. The minimum atomic E-state index is -0.965. The summed E-state index contributed by atoms with van der Waals surface area (Å²) in [6, 6.07) is 9.30. The average molecular weight is 321 g/mol. The maximum atomic E-state index is 10.7. The Morgan fingerprint density at radius 3 is 2.74 bits per heavy atom. The van der Waals surface area contributed by atoms with Crippen LogP contribution in [-0.2, 0) is 6.54 Å². The van der Waals surface area contributed by atoms with Crippen molar-refractivity contribution in [3.05, 3.63) is 57.8 Å². The molecule has 0 amide bonds. The van der Waals surface area contributed by atoms with E-state index in [2.05, 4.69) is 26.2 Å². The van der Waals surface area contributed by atoms with Crippen molar-refractivity contribution in [2.24, 2.45) is 0 Å². The minimum absolute atomic E-state index is 0.195. The van der Waals surface area contributed by atoms with Crippen molar-refractivity contribution in [2.75, 3.05) is 5.32 Å². The van der Waals surface area contributed by atoms with Gasteiger partial charge in [0, 0.05) is 16.4 Å². The van der Waals surface area contributed by atoms with Crippen molar-refractivity contribution < 1.29 is 9.90 Å². The molecule has 0 aliphatic heterocycles. The Labute approximate surface area is 119 Å². The molecule has 98 valence electrons. The number of nitrogens with one attached hydrogen (secondary N) is 1. The third kappa shape index (κ3) is 3.54. The number of aromatic nitrogens is 1. The quantitative estimate of drug-likeness (QED) is 0.905. The molecule has 0 atom stereocenters. The summed E-state index contributed by atoms with van der Waals surface area (Å²) < 4.78 is 0.995. The zero-order chi connectivity index (χ0) is 13.8. The molecule has 0 spiro atoms. The van der Waals surface area contributed by atoms with Crippen LogP contribution in [0.5, 0.6) is 0 Å². The first-order valence-electron chi connectivity index (χ1n) is 5.74. The van der Waals surface area contributed by atoms with Crippen LogP contribution in [0.15, 0.2) is 41.0 Å². The summed E-state index contributed by atoms with van der Waals surface area (Å²) in [6.45, 7) is 2.57. The smallest absolute Gasteiger partial charge is 0.337 e. The fourth-order valence-corrected chi connectivity index (χ4v) is 2.24. The van der Waals surface area contributed by atoms with Gasteiger partial charge in [0.2, 0.25) is 0 Å². The van der Waals surface area contributed by atoms with Crippen LogP contribution in [0.3, 0.4) is 0 Å². The highest BCUT2D eigenvalue weighted by molar-refractivity contribution is 9.10. The number of hydrogen-bond donors (Lipinski definition) is 2. The Hall–Kier alpha value is -1.88. The molecule has 1 heterocycles. The molecule has 0 aliphatic rings. The van der Waals surface area contributed by atoms with Crippen molar-refractivity contribution in [2.45, 2.75) is 13.5 Å². The molecule has 4 nitrogen and oxygen atoms in total. The SMILES string of the molecule is Cc1ccc(NCc2ccc(C(=O)O)cn2)c(Br)c1. The van der Waals surface area contributed by atoms with Crippen LogP contribution < -0.4 is 5.32 Å². The number of aromatic carboxylic acids is 1. The summed E-state index contributed by atoms with van der Waals surface area (Å²) in [7, 11) is 0. The minimum Gasteiger partial charge on any atom is -0.478 e. The fraction of sp³-hybridized carbons (Fsp3) is 0.143. The Morgan fingerprint density at radius 1 is 1.37 bits per heavy atom. The van der Waals surface area contributed by atoms with Crippen LogP contribution in [0.2, 0.25) is 0 Å². The number of benzene rings is 1. The van der Waals surface area contributed by atoms with Crippen molar-refractivity contribution in [1.82, 2.24) is 4.98 Å². The predicted octanol–water partition coefficient (Wildman–Crippen LogP) is 3.46. The molecule has 1 aromatic heterocycles. The molecule has 0 fully saturated rings. The number of carboxylic acids is 1. The summed E-state index contributed by atoms with van der Waals surface area (Å²) in [4.78, 5) is 14.8. The molecule has 2 aromatic rings. The van der Waals surface area contributed by atoms with E-state index in [0.717, 1.165) is 15.9 Å². The molecule has 2 N–H and O–H groups in total. The lowest BCUT2D eigenvalue weighted by molar-refractivity contribution is 0.0696. The van der Waals surface area contributed by atoms with E-state index >= 15 is 0 Å². The lowest BCUT2D eigenvalue weighted by Gasteiger charge is -2.09. The Balaban J connectivity index is 2.04. The molecule has 0 radical (unpaired) electrons. The van der Waals surface area contributed by atoms with E-state index in [9.17, 15) is 4.79 Å². The number of pyridine rings is 1. The molecule has 2 rings (SSSR count). The summed E-state index contributed by atoms with van der Waals surface area (Å²) in [5.41, 5.74) is 3.15. The molecule has 19 heavy (non-hydrogen) atoms. The Kier molecular flexibility index (Phi) is 4.16. The van der Waals surface area contributed by atoms with Gasteiger partial charge in [-0.2, -0.15) is 0 Å². The number of rotatable bonds is 4. The maximum Gasteiger partial charge on any atom is 0.337 e. The van der Waals surface area contributed by atoms with E-state index in [1.807, 2.05) is 25.1 Å². The van der Waals surface area contributed by atoms with Gasteiger partial charge in [-0.25, -0.2) is 4.79 Å². The monoisotopic (exact) mass is 320 g/mol. The lowest BCUT2D eigenvalue weighted by Crippen LogP contribution is -2.04. The van der Waals surface area contributed by atoms with E-state index in [1.165, 1.54) is 11.8 Å². The lowest BCUT2D eigenvalue weighted by atomic mass is 10.2. The van der Waals surface area contributed by atoms with Crippen LogP contribution in [0, 0.1) is 6.92 Å². The van der Waals surface area contributed by atoms with E-state index in [-0.39, 0.29) is 5.56 Å². The third-order valence-electron chi connectivity index (χ3n) is 2.66. The number of halogens is 1. The van der Waals surface area contributed by atoms with Gasteiger partial charge in [0.05, 0.1) is 17.8 Å². The standard InChI is InChI=1S/C14H13BrN2O2/c1-9-2-5-13(12(15)6-9)17-8-11-4-3-10(7-16-11)14(18)19/h2-7,17H,8H2,1H3,(H,18,19). The van der Waals surface area contributed by atoms with Crippen molar-refractivity contribution in [3.63, 3.8) is 0 Å². The first kappa shape index (κ1) is 13.5.